The molecule has 2 saturated carbocycles. The Labute approximate surface area is 103 Å². The molecule has 0 spiro atoms. The monoisotopic (exact) mass is 238 g/mol. The Kier molecular flexibility index (Phi) is 2.35. The van der Waals surface area contributed by atoms with Gasteiger partial charge < -0.3 is 9.84 Å². The second kappa shape index (κ2) is 3.47. The molecule has 0 aromatic carbocycles. The molecule has 1 aliphatic heterocycles. The van der Waals surface area contributed by atoms with Gasteiger partial charge in [-0.2, -0.15) is 0 Å². The lowest BCUT2D eigenvalue weighted by atomic mass is 9.77. The summed E-state index contributed by atoms with van der Waals surface area (Å²) in [5, 5.41) is 9.54. The van der Waals surface area contributed by atoms with Crippen LogP contribution in [0.1, 0.15) is 52.4 Å². The van der Waals surface area contributed by atoms with E-state index in [1.807, 2.05) is 0 Å². The summed E-state index contributed by atoms with van der Waals surface area (Å²) in [6.45, 7) is 4.21. The molecule has 1 saturated heterocycles. The topological polar surface area (TPSA) is 46.5 Å². The lowest BCUT2D eigenvalue weighted by molar-refractivity contribution is -0.152. The predicted molar refractivity (Wildman–Crippen MR) is 63.7 cm³/mol. The Morgan fingerprint density at radius 1 is 1.35 bits per heavy atom. The second-order valence-electron chi connectivity index (χ2n) is 6.99. The van der Waals surface area contributed by atoms with E-state index in [9.17, 15) is 9.90 Å². The van der Waals surface area contributed by atoms with Gasteiger partial charge in [-0.05, 0) is 64.2 Å². The SMILES string of the molecule is CC1(C)CCC(CC2(C(=O)O)CC3CC3C2)O1. The van der Waals surface area contributed by atoms with Crippen molar-refractivity contribution in [2.75, 3.05) is 0 Å². The number of hydrogen-bond donors (Lipinski definition) is 1. The molecule has 2 aliphatic carbocycles. The van der Waals surface area contributed by atoms with Crippen LogP contribution in [0, 0.1) is 17.3 Å². The van der Waals surface area contributed by atoms with Gasteiger partial charge in [0.1, 0.15) is 0 Å². The maximum atomic E-state index is 11.6. The van der Waals surface area contributed by atoms with Gasteiger partial charge >= 0.3 is 5.97 Å². The van der Waals surface area contributed by atoms with Crippen molar-refractivity contribution in [3.63, 3.8) is 0 Å². The van der Waals surface area contributed by atoms with Gasteiger partial charge in [-0.15, -0.1) is 0 Å². The molecule has 1 N–H and O–H groups in total. The van der Waals surface area contributed by atoms with Crippen LogP contribution in [-0.2, 0) is 9.53 Å². The zero-order valence-electron chi connectivity index (χ0n) is 10.7. The van der Waals surface area contributed by atoms with Gasteiger partial charge in [0.25, 0.3) is 0 Å². The van der Waals surface area contributed by atoms with E-state index in [-0.39, 0.29) is 11.7 Å². The van der Waals surface area contributed by atoms with Crippen molar-refractivity contribution in [1.29, 1.82) is 0 Å². The first-order valence-electron chi connectivity index (χ1n) is 6.81. The fraction of sp³-hybridized carbons (Fsp3) is 0.929. The number of carboxylic acid groups (broad SMARTS) is 1. The molecular weight excluding hydrogens is 216 g/mol. The smallest absolute Gasteiger partial charge is 0.309 e. The fourth-order valence-electron chi connectivity index (χ4n) is 3.98. The third-order valence-electron chi connectivity index (χ3n) is 5.00. The van der Waals surface area contributed by atoms with Crippen molar-refractivity contribution in [1.82, 2.24) is 0 Å². The summed E-state index contributed by atoms with van der Waals surface area (Å²) in [5.74, 6) is 0.832. The molecule has 0 bridgehead atoms. The van der Waals surface area contributed by atoms with Gasteiger partial charge in [-0.3, -0.25) is 4.79 Å². The molecule has 3 rings (SSSR count). The van der Waals surface area contributed by atoms with Crippen LogP contribution >= 0.6 is 0 Å². The lowest BCUT2D eigenvalue weighted by Crippen LogP contribution is -2.34. The van der Waals surface area contributed by atoms with Crippen molar-refractivity contribution >= 4 is 5.97 Å². The van der Waals surface area contributed by atoms with E-state index in [4.69, 9.17) is 4.74 Å². The van der Waals surface area contributed by atoms with Crippen molar-refractivity contribution in [2.45, 2.75) is 64.1 Å². The number of aliphatic carboxylic acids is 1. The Balaban J connectivity index is 1.68. The van der Waals surface area contributed by atoms with Gasteiger partial charge in [-0.25, -0.2) is 0 Å². The minimum Gasteiger partial charge on any atom is -0.481 e. The standard InChI is InChI=1S/C14H22O3/c1-13(2)4-3-11(17-13)8-14(12(15)16)6-9-5-10(9)7-14/h9-11H,3-8H2,1-2H3,(H,15,16). The number of carbonyl (C=O) groups is 1. The Morgan fingerprint density at radius 2 is 2.00 bits per heavy atom. The molecular formula is C14H22O3. The minimum atomic E-state index is -0.585. The first kappa shape index (κ1) is 11.5. The van der Waals surface area contributed by atoms with Crippen molar-refractivity contribution < 1.29 is 14.6 Å². The Morgan fingerprint density at radius 3 is 2.47 bits per heavy atom. The molecule has 0 amide bonds. The van der Waals surface area contributed by atoms with E-state index < -0.39 is 11.4 Å². The van der Waals surface area contributed by atoms with Crippen molar-refractivity contribution in [3.05, 3.63) is 0 Å². The van der Waals surface area contributed by atoms with E-state index >= 15 is 0 Å². The fourth-order valence-corrected chi connectivity index (χ4v) is 3.98. The van der Waals surface area contributed by atoms with E-state index in [2.05, 4.69) is 13.8 Å². The molecule has 3 aliphatic rings. The van der Waals surface area contributed by atoms with Gasteiger partial charge in [0.05, 0.1) is 17.1 Å². The molecule has 3 atom stereocenters. The Hall–Kier alpha value is -0.570. The predicted octanol–water partition coefficient (Wildman–Crippen LogP) is 2.84. The molecule has 3 heteroatoms. The highest BCUT2D eigenvalue weighted by Gasteiger charge is 2.58. The maximum Gasteiger partial charge on any atom is 0.309 e. The van der Waals surface area contributed by atoms with E-state index in [1.165, 1.54) is 6.42 Å². The van der Waals surface area contributed by atoms with Crippen LogP contribution in [0.4, 0.5) is 0 Å². The van der Waals surface area contributed by atoms with Gasteiger partial charge in [0.15, 0.2) is 0 Å². The van der Waals surface area contributed by atoms with Crippen LogP contribution in [0.3, 0.4) is 0 Å². The van der Waals surface area contributed by atoms with Crippen LogP contribution in [0.15, 0.2) is 0 Å². The number of rotatable bonds is 3. The largest absolute Gasteiger partial charge is 0.481 e. The molecule has 3 fully saturated rings. The summed E-state index contributed by atoms with van der Waals surface area (Å²) in [6.07, 6.45) is 6.04. The normalized spacial score (nSPS) is 46.8. The number of hydrogen-bond acceptors (Lipinski definition) is 2. The molecule has 3 unspecified atom stereocenters. The van der Waals surface area contributed by atoms with Crippen LogP contribution < -0.4 is 0 Å². The zero-order valence-corrected chi connectivity index (χ0v) is 10.7. The highest BCUT2D eigenvalue weighted by atomic mass is 16.5. The molecule has 96 valence electrons. The third kappa shape index (κ3) is 1.99. The second-order valence-corrected chi connectivity index (χ2v) is 6.99. The Bertz CT molecular complexity index is 337. The van der Waals surface area contributed by atoms with E-state index in [0.29, 0.717) is 11.8 Å². The van der Waals surface area contributed by atoms with Crippen molar-refractivity contribution in [2.24, 2.45) is 17.3 Å². The number of ether oxygens (including phenoxy) is 1. The third-order valence-corrected chi connectivity index (χ3v) is 5.00. The molecule has 0 radical (unpaired) electrons. The summed E-state index contributed by atoms with van der Waals surface area (Å²) in [4.78, 5) is 11.6. The quantitative estimate of drug-likeness (QED) is 0.822. The number of fused-ring (bicyclic) bond motifs is 1. The first-order valence-corrected chi connectivity index (χ1v) is 6.81. The molecule has 0 aromatic heterocycles. The van der Waals surface area contributed by atoms with Crippen LogP contribution in [-0.4, -0.2) is 22.8 Å². The highest BCUT2D eigenvalue weighted by Crippen LogP contribution is 2.62. The summed E-state index contributed by atoms with van der Waals surface area (Å²) < 4.78 is 5.97. The first-order chi connectivity index (χ1) is 7.90. The summed E-state index contributed by atoms with van der Waals surface area (Å²) in [5.41, 5.74) is -0.509. The van der Waals surface area contributed by atoms with Crippen molar-refractivity contribution in [3.8, 4) is 0 Å². The van der Waals surface area contributed by atoms with E-state index in [0.717, 1.165) is 32.1 Å². The summed E-state index contributed by atoms with van der Waals surface area (Å²) in [7, 11) is 0. The molecule has 17 heavy (non-hydrogen) atoms. The number of carboxylic acids is 1. The molecule has 1 heterocycles. The average molecular weight is 238 g/mol. The minimum absolute atomic E-state index is 0.0497. The van der Waals surface area contributed by atoms with Crippen LogP contribution in [0.25, 0.3) is 0 Å². The van der Waals surface area contributed by atoms with Crippen LogP contribution in [0.2, 0.25) is 0 Å². The van der Waals surface area contributed by atoms with Gasteiger partial charge in [0, 0.05) is 0 Å². The highest BCUT2D eigenvalue weighted by molar-refractivity contribution is 5.75. The molecule has 0 aromatic rings. The summed E-state index contributed by atoms with van der Waals surface area (Å²) in [6, 6.07) is 0. The maximum absolute atomic E-state index is 11.6. The lowest BCUT2D eigenvalue weighted by Gasteiger charge is -2.29. The zero-order chi connectivity index (χ0) is 12.3. The average Bonchev–Trinajstić information content (AvgIpc) is 2.66. The molecule has 3 nitrogen and oxygen atoms in total. The van der Waals surface area contributed by atoms with Gasteiger partial charge in [0.2, 0.25) is 0 Å². The van der Waals surface area contributed by atoms with E-state index in [1.54, 1.807) is 0 Å². The summed E-state index contributed by atoms with van der Waals surface area (Å²) >= 11 is 0. The van der Waals surface area contributed by atoms with Crippen LogP contribution in [0.5, 0.6) is 0 Å². The van der Waals surface area contributed by atoms with Gasteiger partial charge in [-0.1, -0.05) is 0 Å².